The average Bonchev–Trinajstić information content (AvgIpc) is 3.08. The van der Waals surface area contributed by atoms with Gasteiger partial charge >= 0.3 is 0 Å². The number of hydrogen-bond acceptors (Lipinski definition) is 2. The smallest absolute Gasteiger partial charge is 0.195 e. The molecule has 0 saturated heterocycles. The summed E-state index contributed by atoms with van der Waals surface area (Å²) < 4.78 is 13.8. The minimum atomic E-state index is -1.48. The lowest BCUT2D eigenvalue weighted by molar-refractivity contribution is 0.103. The number of rotatable bonds is 6. The maximum absolute atomic E-state index is 14.1. The number of carbonyl (C=O) groups excluding carboxylic acids is 1. The highest BCUT2D eigenvalue weighted by molar-refractivity contribution is 7.89. The average molecular weight is 581 g/mol. The zero-order valence-electron chi connectivity index (χ0n) is 24.9. The van der Waals surface area contributed by atoms with Crippen LogP contribution in [-0.2, 0) is 10.8 Å². The Kier molecular flexibility index (Phi) is 9.76. The molecule has 0 N–H and O–H groups in total. The Morgan fingerprint density at radius 1 is 0.674 bits per heavy atom. The van der Waals surface area contributed by atoms with Crippen molar-refractivity contribution in [3.05, 3.63) is 161 Å². The molecular formula is C40H36O2S. The summed E-state index contributed by atoms with van der Waals surface area (Å²) >= 11 is 0. The van der Waals surface area contributed by atoms with Crippen molar-refractivity contribution in [2.75, 3.05) is 0 Å². The molecule has 1 unspecified atom stereocenters. The number of fused-ring (bicyclic) bond motifs is 1. The van der Waals surface area contributed by atoms with Crippen LogP contribution >= 0.6 is 0 Å². The molecule has 0 aromatic heterocycles. The van der Waals surface area contributed by atoms with E-state index in [2.05, 4.69) is 48.6 Å². The first-order valence-corrected chi connectivity index (χ1v) is 16.1. The Morgan fingerprint density at radius 2 is 1.37 bits per heavy atom. The Balaban J connectivity index is 0.00000180. The maximum atomic E-state index is 14.1. The zero-order chi connectivity index (χ0) is 30.2. The normalized spacial score (nSPS) is 16.2. The first-order valence-electron chi connectivity index (χ1n) is 14.9. The predicted octanol–water partition coefficient (Wildman–Crippen LogP) is 10.6. The van der Waals surface area contributed by atoms with Gasteiger partial charge in [-0.25, -0.2) is 4.21 Å². The fourth-order valence-corrected chi connectivity index (χ4v) is 6.87. The van der Waals surface area contributed by atoms with Crippen LogP contribution in [0, 0.1) is 0 Å². The number of ketones is 1. The summed E-state index contributed by atoms with van der Waals surface area (Å²) in [5.41, 5.74) is 8.45. The summed E-state index contributed by atoms with van der Waals surface area (Å²) in [5, 5.41) is 0. The largest absolute Gasteiger partial charge is 0.289 e. The van der Waals surface area contributed by atoms with Gasteiger partial charge in [-0.1, -0.05) is 129 Å². The van der Waals surface area contributed by atoms with Gasteiger partial charge in [0.25, 0.3) is 0 Å². The first-order chi connectivity index (χ1) is 21.2. The summed E-state index contributed by atoms with van der Waals surface area (Å²) in [6.07, 6.45) is 16.1. The van der Waals surface area contributed by atoms with Crippen molar-refractivity contribution in [3.63, 3.8) is 0 Å². The first kappa shape index (κ1) is 29.9. The van der Waals surface area contributed by atoms with E-state index in [-0.39, 0.29) is 5.78 Å². The van der Waals surface area contributed by atoms with Crippen molar-refractivity contribution in [2.45, 2.75) is 38.5 Å². The quantitative estimate of drug-likeness (QED) is 0.227. The van der Waals surface area contributed by atoms with Crippen molar-refractivity contribution >= 4 is 28.2 Å². The summed E-state index contributed by atoms with van der Waals surface area (Å²) in [6.45, 7) is 5.88. The SMILES string of the molecule is C/C=C\C1=C(/C=C/c2ccccc2-c2ccccc2)C(=O)c2cc(-c3ccccc3C3=CCCC=C3)ccc2S1=O.CC. The molecule has 2 nitrogen and oxygen atoms in total. The van der Waals surface area contributed by atoms with E-state index in [4.69, 9.17) is 0 Å². The molecule has 1 atom stereocenters. The highest BCUT2D eigenvalue weighted by atomic mass is 32.2. The Hall–Kier alpha value is -4.60. The molecule has 1 heterocycles. The van der Waals surface area contributed by atoms with Gasteiger partial charge in [0.15, 0.2) is 5.78 Å². The fraction of sp³-hybridized carbons (Fsp3) is 0.125. The second-order valence-electron chi connectivity index (χ2n) is 10.1. The van der Waals surface area contributed by atoms with E-state index < -0.39 is 10.8 Å². The van der Waals surface area contributed by atoms with Gasteiger partial charge in [-0.3, -0.25) is 4.79 Å². The van der Waals surface area contributed by atoms with Gasteiger partial charge in [0.05, 0.1) is 20.6 Å². The molecule has 43 heavy (non-hydrogen) atoms. The summed E-state index contributed by atoms with van der Waals surface area (Å²) in [7, 11) is -1.48. The summed E-state index contributed by atoms with van der Waals surface area (Å²) in [6, 6.07) is 32.3. The number of carbonyl (C=O) groups is 1. The van der Waals surface area contributed by atoms with Crippen LogP contribution in [0.25, 0.3) is 33.9 Å². The molecule has 4 aromatic carbocycles. The molecule has 1 aliphatic carbocycles. The van der Waals surface area contributed by atoms with Gasteiger partial charge in [-0.15, -0.1) is 0 Å². The summed E-state index contributed by atoms with van der Waals surface area (Å²) in [5.74, 6) is -0.114. The molecular weight excluding hydrogens is 545 g/mol. The third-order valence-electron chi connectivity index (χ3n) is 7.47. The molecule has 4 aromatic rings. The monoisotopic (exact) mass is 580 g/mol. The van der Waals surface area contributed by atoms with E-state index in [9.17, 15) is 9.00 Å². The number of Topliss-reactive ketones (excluding diaryl/α,β-unsaturated/α-hetero) is 1. The second-order valence-corrected chi connectivity index (χ2v) is 11.5. The third kappa shape index (κ3) is 6.28. The standard InChI is InChI=1S/C38H30O2S.C2H6/c1-2-13-36-34(24-22-29-18-9-10-19-31(29)27-14-5-3-6-15-27)38(39)35-26-30(23-25-37(35)41(36)40)33-21-12-11-20-32(33)28-16-7-4-8-17-28;1-2/h2-3,5-7,9-26H,4,8H2,1H3;1-2H3/b13-2-,24-22+;. The van der Waals surface area contributed by atoms with Crippen LogP contribution in [0.5, 0.6) is 0 Å². The van der Waals surface area contributed by atoms with E-state index in [1.54, 1.807) is 6.08 Å². The van der Waals surface area contributed by atoms with Gasteiger partial charge in [-0.05, 0) is 83.0 Å². The molecule has 1 aliphatic heterocycles. The number of hydrogen-bond donors (Lipinski definition) is 0. The van der Waals surface area contributed by atoms with Crippen LogP contribution in [0.1, 0.15) is 55.1 Å². The highest BCUT2D eigenvalue weighted by Crippen LogP contribution is 2.37. The molecule has 0 radical (unpaired) electrons. The molecule has 0 spiro atoms. The van der Waals surface area contributed by atoms with Crippen LogP contribution in [0.4, 0.5) is 0 Å². The molecule has 0 saturated carbocycles. The van der Waals surface area contributed by atoms with Gasteiger partial charge in [0.1, 0.15) is 0 Å². The summed E-state index contributed by atoms with van der Waals surface area (Å²) in [4.78, 5) is 15.2. The molecule has 0 amide bonds. The van der Waals surface area contributed by atoms with Gasteiger partial charge < -0.3 is 0 Å². The lowest BCUT2D eigenvalue weighted by atomic mass is 9.90. The van der Waals surface area contributed by atoms with Crippen molar-refractivity contribution in [2.24, 2.45) is 0 Å². The fourth-order valence-electron chi connectivity index (χ4n) is 5.47. The van der Waals surface area contributed by atoms with E-state index in [0.717, 1.165) is 46.2 Å². The van der Waals surface area contributed by atoms with Crippen molar-refractivity contribution in [3.8, 4) is 22.3 Å². The molecule has 6 rings (SSSR count). The van der Waals surface area contributed by atoms with Crippen LogP contribution in [0.2, 0.25) is 0 Å². The van der Waals surface area contributed by atoms with Crippen molar-refractivity contribution < 1.29 is 9.00 Å². The molecule has 3 heteroatoms. The minimum Gasteiger partial charge on any atom is -0.289 e. The molecule has 214 valence electrons. The van der Waals surface area contributed by atoms with Gasteiger partial charge in [0.2, 0.25) is 0 Å². The topological polar surface area (TPSA) is 34.1 Å². The molecule has 2 aliphatic rings. The van der Waals surface area contributed by atoms with E-state index in [1.807, 2.05) is 106 Å². The van der Waals surface area contributed by atoms with Gasteiger partial charge in [-0.2, -0.15) is 0 Å². The maximum Gasteiger partial charge on any atom is 0.195 e. The van der Waals surface area contributed by atoms with Gasteiger partial charge in [0, 0.05) is 11.1 Å². The highest BCUT2D eigenvalue weighted by Gasteiger charge is 2.29. The minimum absolute atomic E-state index is 0.114. The van der Waals surface area contributed by atoms with Crippen LogP contribution in [0.3, 0.4) is 0 Å². The van der Waals surface area contributed by atoms with E-state index >= 15 is 0 Å². The van der Waals surface area contributed by atoms with Crippen LogP contribution in [0.15, 0.2) is 149 Å². The lowest BCUT2D eigenvalue weighted by Crippen LogP contribution is -2.17. The predicted molar refractivity (Wildman–Crippen MR) is 183 cm³/mol. The number of allylic oxidation sites excluding steroid dienone is 8. The third-order valence-corrected chi connectivity index (χ3v) is 8.98. The van der Waals surface area contributed by atoms with Crippen molar-refractivity contribution in [1.82, 2.24) is 0 Å². The zero-order valence-corrected chi connectivity index (χ0v) is 25.7. The second kappa shape index (κ2) is 14.0. The Labute approximate surface area is 258 Å². The molecule has 0 fully saturated rings. The van der Waals surface area contributed by atoms with Crippen molar-refractivity contribution in [1.29, 1.82) is 0 Å². The van der Waals surface area contributed by atoms with Crippen LogP contribution in [-0.4, -0.2) is 9.99 Å². The van der Waals surface area contributed by atoms with E-state index in [0.29, 0.717) is 20.9 Å². The lowest BCUT2D eigenvalue weighted by Gasteiger charge is -2.20. The van der Waals surface area contributed by atoms with E-state index in [1.165, 1.54) is 5.57 Å². The Bertz CT molecular complexity index is 1820. The Morgan fingerprint density at radius 3 is 2.09 bits per heavy atom. The van der Waals surface area contributed by atoms with Crippen LogP contribution < -0.4 is 0 Å². The molecule has 0 bridgehead atoms. The number of benzene rings is 4.